The third kappa shape index (κ3) is 4.89. The van der Waals surface area contributed by atoms with E-state index in [4.69, 9.17) is 51.1 Å². The van der Waals surface area contributed by atoms with Crippen molar-refractivity contribution in [2.45, 2.75) is 33.2 Å². The van der Waals surface area contributed by atoms with E-state index in [1.807, 2.05) is 19.1 Å². The van der Waals surface area contributed by atoms with Crippen molar-refractivity contribution in [1.82, 2.24) is 4.90 Å². The fourth-order valence-corrected chi connectivity index (χ4v) is 4.55. The highest BCUT2D eigenvalue weighted by molar-refractivity contribution is 6.55. The third-order valence-corrected chi connectivity index (χ3v) is 7.08. The lowest BCUT2D eigenvalue weighted by molar-refractivity contribution is -0.152. The summed E-state index contributed by atoms with van der Waals surface area (Å²) in [6.07, 6.45) is 0.856. The molecule has 3 rings (SSSR count). The normalized spacial score (nSPS) is 13.8. The Hall–Kier alpha value is -2.32. The van der Waals surface area contributed by atoms with E-state index in [9.17, 15) is 19.2 Å². The number of amides is 3. The van der Waals surface area contributed by atoms with Gasteiger partial charge in [0.05, 0.1) is 31.2 Å². The van der Waals surface area contributed by atoms with Crippen molar-refractivity contribution in [3.05, 3.63) is 61.0 Å². The minimum atomic E-state index is -1.34. The average molecular weight is 546 g/mol. The zero-order valence-corrected chi connectivity index (χ0v) is 21.4. The lowest BCUT2D eigenvalue weighted by atomic mass is 10.0. The van der Waals surface area contributed by atoms with Gasteiger partial charge in [0.1, 0.15) is 6.04 Å². The summed E-state index contributed by atoms with van der Waals surface area (Å²) in [4.78, 5) is 52.1. The fourth-order valence-electron chi connectivity index (χ4n) is 3.54. The van der Waals surface area contributed by atoms with Gasteiger partial charge >= 0.3 is 5.97 Å². The fraction of sp³-hybridized carbons (Fsp3) is 0.304. The molecule has 0 bridgehead atoms. The molecule has 0 saturated carbocycles. The molecule has 0 fully saturated rings. The number of anilines is 1. The summed E-state index contributed by atoms with van der Waals surface area (Å²) in [5.41, 5.74) is 1.17. The molecule has 0 spiro atoms. The molecular weight excluding hydrogens is 526 g/mol. The van der Waals surface area contributed by atoms with Crippen molar-refractivity contribution in [3.63, 3.8) is 0 Å². The van der Waals surface area contributed by atoms with Gasteiger partial charge in [-0.2, -0.15) is 0 Å². The number of fused-ring (bicyclic) bond motifs is 1. The van der Waals surface area contributed by atoms with Crippen LogP contribution in [0.3, 0.4) is 0 Å². The maximum atomic E-state index is 13.1. The van der Waals surface area contributed by atoms with Crippen LogP contribution in [0, 0.1) is 5.92 Å². The molecule has 1 unspecified atom stereocenters. The molecular formula is C23H20Cl4N2O5. The Morgan fingerprint density at radius 2 is 1.41 bits per heavy atom. The van der Waals surface area contributed by atoms with E-state index in [2.05, 4.69) is 5.32 Å². The standard InChI is InChI=1S/C23H20Cl4N2O5/c1-4-11-5-7-12(8-6-11)28-13(30)9-34-23(33)20(10(2)3)29-21(31)14-15(22(29)32)17(25)19(27)18(26)16(14)24/h5-8,10,20H,4,9H2,1-3H3,(H,28,30). The maximum Gasteiger partial charge on any atom is 0.330 e. The van der Waals surface area contributed by atoms with E-state index in [1.54, 1.807) is 26.0 Å². The van der Waals surface area contributed by atoms with Gasteiger partial charge in [0, 0.05) is 5.69 Å². The van der Waals surface area contributed by atoms with Crippen LogP contribution < -0.4 is 5.32 Å². The smallest absolute Gasteiger partial charge is 0.330 e. The van der Waals surface area contributed by atoms with Crippen LogP contribution in [0.1, 0.15) is 47.1 Å². The van der Waals surface area contributed by atoms with Crippen LogP contribution in [0.15, 0.2) is 24.3 Å². The van der Waals surface area contributed by atoms with Gasteiger partial charge in [-0.1, -0.05) is 79.3 Å². The number of nitrogens with one attached hydrogen (secondary N) is 1. The summed E-state index contributed by atoms with van der Waals surface area (Å²) in [5, 5.41) is 1.78. The molecule has 1 atom stereocenters. The zero-order chi connectivity index (χ0) is 25.3. The van der Waals surface area contributed by atoms with E-state index in [0.717, 1.165) is 12.0 Å². The van der Waals surface area contributed by atoms with Gasteiger partial charge in [0.2, 0.25) is 0 Å². The quantitative estimate of drug-likeness (QED) is 0.209. The first kappa shape index (κ1) is 26.3. The van der Waals surface area contributed by atoms with Gasteiger partial charge < -0.3 is 10.1 Å². The van der Waals surface area contributed by atoms with E-state index in [1.165, 1.54) is 0 Å². The second-order valence-electron chi connectivity index (χ2n) is 7.88. The Bertz CT molecular complexity index is 1130. The van der Waals surface area contributed by atoms with Crippen LogP contribution in [0.5, 0.6) is 0 Å². The zero-order valence-electron chi connectivity index (χ0n) is 18.4. The van der Waals surface area contributed by atoms with E-state index in [-0.39, 0.29) is 31.2 Å². The van der Waals surface area contributed by atoms with Crippen molar-refractivity contribution in [2.75, 3.05) is 11.9 Å². The van der Waals surface area contributed by atoms with E-state index >= 15 is 0 Å². The monoisotopic (exact) mass is 544 g/mol. The molecule has 2 aromatic carbocycles. The molecule has 0 radical (unpaired) electrons. The van der Waals surface area contributed by atoms with Crippen LogP contribution in [0.25, 0.3) is 0 Å². The third-order valence-electron chi connectivity index (χ3n) is 5.28. The Morgan fingerprint density at radius 3 is 1.85 bits per heavy atom. The number of hydrogen-bond acceptors (Lipinski definition) is 5. The molecule has 3 amide bonds. The Balaban J connectivity index is 1.78. The first-order chi connectivity index (χ1) is 16.0. The minimum Gasteiger partial charge on any atom is -0.454 e. The molecule has 1 aliphatic rings. The summed E-state index contributed by atoms with van der Waals surface area (Å²) in [7, 11) is 0. The molecule has 34 heavy (non-hydrogen) atoms. The van der Waals surface area contributed by atoms with Gasteiger partial charge in [-0.05, 0) is 30.0 Å². The molecule has 2 aromatic rings. The van der Waals surface area contributed by atoms with Gasteiger partial charge in [-0.3, -0.25) is 19.3 Å². The highest BCUT2D eigenvalue weighted by Gasteiger charge is 2.48. The number of ether oxygens (including phenoxy) is 1. The van der Waals surface area contributed by atoms with Crippen LogP contribution >= 0.6 is 46.4 Å². The summed E-state index contributed by atoms with van der Waals surface area (Å²) in [6, 6.07) is 5.87. The summed E-state index contributed by atoms with van der Waals surface area (Å²) in [6.45, 7) is 4.64. The minimum absolute atomic E-state index is 0.178. The largest absolute Gasteiger partial charge is 0.454 e. The number of aryl methyl sites for hydroxylation is 1. The van der Waals surface area contributed by atoms with Crippen LogP contribution in [0.4, 0.5) is 5.69 Å². The van der Waals surface area contributed by atoms with Crippen molar-refractivity contribution in [3.8, 4) is 0 Å². The van der Waals surface area contributed by atoms with Gasteiger partial charge in [0.15, 0.2) is 6.61 Å². The molecule has 180 valence electrons. The predicted octanol–water partition coefficient (Wildman–Crippen LogP) is 5.67. The number of benzene rings is 2. The van der Waals surface area contributed by atoms with Crippen molar-refractivity contribution in [2.24, 2.45) is 5.92 Å². The molecule has 1 heterocycles. The molecule has 0 aliphatic carbocycles. The van der Waals surface area contributed by atoms with Crippen molar-refractivity contribution < 1.29 is 23.9 Å². The average Bonchev–Trinajstić information content (AvgIpc) is 3.05. The highest BCUT2D eigenvalue weighted by Crippen LogP contribution is 2.45. The first-order valence-electron chi connectivity index (χ1n) is 10.3. The molecule has 1 aliphatic heterocycles. The lowest BCUT2D eigenvalue weighted by Crippen LogP contribution is -2.49. The van der Waals surface area contributed by atoms with Crippen molar-refractivity contribution in [1.29, 1.82) is 0 Å². The van der Waals surface area contributed by atoms with Crippen molar-refractivity contribution >= 4 is 75.8 Å². The number of imide groups is 1. The molecule has 11 heteroatoms. The first-order valence-corrected chi connectivity index (χ1v) is 11.8. The summed E-state index contributed by atoms with van der Waals surface area (Å²) in [5.74, 6) is -3.79. The molecule has 1 N–H and O–H groups in total. The van der Waals surface area contributed by atoms with E-state index in [0.29, 0.717) is 10.6 Å². The second kappa shape index (κ2) is 10.5. The number of carbonyl (C=O) groups excluding carboxylic acids is 4. The van der Waals surface area contributed by atoms with Gasteiger partial charge in [-0.15, -0.1) is 0 Å². The number of rotatable bonds is 7. The Labute approximate surface area is 216 Å². The number of halogens is 4. The van der Waals surface area contributed by atoms with Crippen LogP contribution in [0.2, 0.25) is 20.1 Å². The molecule has 7 nitrogen and oxygen atoms in total. The van der Waals surface area contributed by atoms with Crippen LogP contribution in [-0.4, -0.2) is 41.2 Å². The predicted molar refractivity (Wildman–Crippen MR) is 131 cm³/mol. The summed E-state index contributed by atoms with van der Waals surface area (Å²) < 4.78 is 5.15. The Kier molecular flexibility index (Phi) is 8.14. The number of nitrogens with zero attached hydrogens (tertiary/aromatic N) is 1. The maximum absolute atomic E-state index is 13.1. The van der Waals surface area contributed by atoms with E-state index < -0.39 is 42.3 Å². The lowest BCUT2D eigenvalue weighted by Gasteiger charge is -2.27. The highest BCUT2D eigenvalue weighted by atomic mass is 35.5. The molecule has 0 saturated heterocycles. The second-order valence-corrected chi connectivity index (χ2v) is 9.39. The number of carbonyl (C=O) groups is 4. The topological polar surface area (TPSA) is 92.8 Å². The SMILES string of the molecule is CCc1ccc(NC(=O)COC(=O)C(C(C)C)N2C(=O)c3c(Cl)c(Cl)c(Cl)c(Cl)c3C2=O)cc1. The Morgan fingerprint density at radius 1 is 0.912 bits per heavy atom. The van der Waals surface area contributed by atoms with Crippen LogP contribution in [-0.2, 0) is 20.7 Å². The van der Waals surface area contributed by atoms with Gasteiger partial charge in [0.25, 0.3) is 17.7 Å². The molecule has 0 aromatic heterocycles. The number of esters is 1. The van der Waals surface area contributed by atoms with Gasteiger partial charge in [-0.25, -0.2) is 4.79 Å². The summed E-state index contributed by atoms with van der Waals surface area (Å²) >= 11 is 24.4. The number of hydrogen-bond donors (Lipinski definition) is 1.